The number of nitrogens with zero attached hydrogens (tertiary/aromatic N) is 1. The second-order valence-electron chi connectivity index (χ2n) is 5.18. The molecule has 0 aliphatic carbocycles. The average molecular weight is 205 g/mol. The summed E-state index contributed by atoms with van der Waals surface area (Å²) in [6.45, 7) is 8.17. The molecule has 0 bridgehead atoms. The Morgan fingerprint density at radius 3 is 2.53 bits per heavy atom. The van der Waals surface area contributed by atoms with Gasteiger partial charge in [0.15, 0.2) is 0 Å². The molecule has 0 aromatic carbocycles. The molecule has 82 valence electrons. The van der Waals surface area contributed by atoms with Crippen LogP contribution in [0.15, 0.2) is 24.4 Å². The SMILES string of the molecule is CC(C(=O)CC(C)(C)C)c1ccccn1. The monoisotopic (exact) mass is 205 g/mol. The molecule has 0 aliphatic heterocycles. The van der Waals surface area contributed by atoms with Crippen LogP contribution in [-0.4, -0.2) is 10.8 Å². The summed E-state index contributed by atoms with van der Waals surface area (Å²) < 4.78 is 0. The van der Waals surface area contributed by atoms with Gasteiger partial charge in [0.05, 0.1) is 11.6 Å². The minimum absolute atomic E-state index is 0.0557. The minimum atomic E-state index is -0.0922. The first-order valence-corrected chi connectivity index (χ1v) is 5.34. The van der Waals surface area contributed by atoms with Crippen molar-refractivity contribution in [3.05, 3.63) is 30.1 Å². The summed E-state index contributed by atoms with van der Waals surface area (Å²) in [4.78, 5) is 16.1. The first kappa shape index (κ1) is 11.9. The Morgan fingerprint density at radius 2 is 2.07 bits per heavy atom. The van der Waals surface area contributed by atoms with Crippen molar-refractivity contribution >= 4 is 5.78 Å². The second kappa shape index (κ2) is 4.56. The maximum Gasteiger partial charge on any atom is 0.142 e. The third-order valence-electron chi connectivity index (χ3n) is 2.32. The van der Waals surface area contributed by atoms with Gasteiger partial charge in [-0.25, -0.2) is 0 Å². The molecule has 1 atom stereocenters. The van der Waals surface area contributed by atoms with Crippen LogP contribution in [0, 0.1) is 5.41 Å². The van der Waals surface area contributed by atoms with Crippen LogP contribution in [0.25, 0.3) is 0 Å². The molecule has 0 N–H and O–H groups in total. The van der Waals surface area contributed by atoms with Crippen molar-refractivity contribution in [1.29, 1.82) is 0 Å². The fourth-order valence-electron chi connectivity index (χ4n) is 1.47. The van der Waals surface area contributed by atoms with E-state index in [0.29, 0.717) is 6.42 Å². The number of ketones is 1. The molecule has 1 heterocycles. The van der Waals surface area contributed by atoms with E-state index in [1.165, 1.54) is 0 Å². The third kappa shape index (κ3) is 3.82. The molecule has 1 rings (SSSR count). The van der Waals surface area contributed by atoms with E-state index in [1.807, 2.05) is 25.1 Å². The van der Waals surface area contributed by atoms with Crippen LogP contribution in [0.5, 0.6) is 0 Å². The standard InChI is InChI=1S/C13H19NO/c1-10(11-7-5-6-8-14-11)12(15)9-13(2,3)4/h5-8,10H,9H2,1-4H3. The number of rotatable bonds is 3. The molecule has 0 spiro atoms. The Labute approximate surface area is 91.7 Å². The third-order valence-corrected chi connectivity index (χ3v) is 2.32. The lowest BCUT2D eigenvalue weighted by Crippen LogP contribution is -2.18. The van der Waals surface area contributed by atoms with Crippen molar-refractivity contribution < 1.29 is 4.79 Å². The van der Waals surface area contributed by atoms with Crippen LogP contribution in [0.1, 0.15) is 45.7 Å². The molecule has 1 unspecified atom stereocenters. The number of hydrogen-bond donors (Lipinski definition) is 0. The van der Waals surface area contributed by atoms with Crippen LogP contribution in [0.3, 0.4) is 0 Å². The average Bonchev–Trinajstić information content (AvgIpc) is 2.15. The summed E-state index contributed by atoms with van der Waals surface area (Å²) in [5.74, 6) is 0.173. The highest BCUT2D eigenvalue weighted by molar-refractivity contribution is 5.85. The van der Waals surface area contributed by atoms with Gasteiger partial charge in [0.1, 0.15) is 5.78 Å². The number of hydrogen-bond acceptors (Lipinski definition) is 2. The summed E-state index contributed by atoms with van der Waals surface area (Å²) in [5, 5.41) is 0. The van der Waals surface area contributed by atoms with E-state index in [0.717, 1.165) is 5.69 Å². The molecule has 0 saturated carbocycles. The molecular formula is C13H19NO. The molecule has 2 heteroatoms. The minimum Gasteiger partial charge on any atom is -0.299 e. The number of carbonyl (C=O) groups excluding carboxylic acids is 1. The van der Waals surface area contributed by atoms with Gasteiger partial charge in [0.25, 0.3) is 0 Å². The fraction of sp³-hybridized carbons (Fsp3) is 0.538. The molecule has 15 heavy (non-hydrogen) atoms. The van der Waals surface area contributed by atoms with E-state index >= 15 is 0 Å². The van der Waals surface area contributed by atoms with Crippen molar-refractivity contribution in [2.45, 2.75) is 40.0 Å². The Balaban J connectivity index is 2.70. The zero-order chi connectivity index (χ0) is 11.5. The van der Waals surface area contributed by atoms with E-state index in [4.69, 9.17) is 0 Å². The smallest absolute Gasteiger partial charge is 0.142 e. The Hall–Kier alpha value is -1.18. The van der Waals surface area contributed by atoms with Crippen LogP contribution in [0.4, 0.5) is 0 Å². The lowest BCUT2D eigenvalue weighted by atomic mass is 9.85. The van der Waals surface area contributed by atoms with Crippen molar-refractivity contribution in [3.8, 4) is 0 Å². The highest BCUT2D eigenvalue weighted by atomic mass is 16.1. The summed E-state index contributed by atoms with van der Waals surface area (Å²) in [5.41, 5.74) is 0.923. The Bertz CT molecular complexity index is 324. The summed E-state index contributed by atoms with van der Waals surface area (Å²) in [7, 11) is 0. The maximum atomic E-state index is 11.9. The van der Waals surface area contributed by atoms with Gasteiger partial charge in [0, 0.05) is 12.6 Å². The Kier molecular flexibility index (Phi) is 3.61. The zero-order valence-corrected chi connectivity index (χ0v) is 9.95. The van der Waals surface area contributed by atoms with Crippen LogP contribution in [-0.2, 0) is 4.79 Å². The second-order valence-corrected chi connectivity index (χ2v) is 5.18. The quantitative estimate of drug-likeness (QED) is 0.758. The number of Topliss-reactive ketones (excluding diaryl/α,β-unsaturated/α-hetero) is 1. The highest BCUT2D eigenvalue weighted by Gasteiger charge is 2.22. The first-order chi connectivity index (χ1) is 6.90. The normalized spacial score (nSPS) is 13.6. The van der Waals surface area contributed by atoms with Crippen LogP contribution < -0.4 is 0 Å². The van der Waals surface area contributed by atoms with E-state index < -0.39 is 0 Å². The number of pyridine rings is 1. The van der Waals surface area contributed by atoms with E-state index in [-0.39, 0.29) is 17.1 Å². The van der Waals surface area contributed by atoms with Gasteiger partial charge in [-0.2, -0.15) is 0 Å². The van der Waals surface area contributed by atoms with Crippen LogP contribution >= 0.6 is 0 Å². The number of carbonyl (C=O) groups is 1. The van der Waals surface area contributed by atoms with E-state index in [1.54, 1.807) is 6.20 Å². The lowest BCUT2D eigenvalue weighted by Gasteiger charge is -2.19. The van der Waals surface area contributed by atoms with E-state index in [2.05, 4.69) is 25.8 Å². The lowest BCUT2D eigenvalue weighted by molar-refractivity contribution is -0.121. The largest absolute Gasteiger partial charge is 0.299 e. The predicted molar refractivity (Wildman–Crippen MR) is 61.7 cm³/mol. The van der Waals surface area contributed by atoms with Gasteiger partial charge in [-0.15, -0.1) is 0 Å². The summed E-state index contributed by atoms with van der Waals surface area (Å²) in [6, 6.07) is 5.69. The summed E-state index contributed by atoms with van der Waals surface area (Å²) >= 11 is 0. The molecule has 0 radical (unpaired) electrons. The fourth-order valence-corrected chi connectivity index (χ4v) is 1.47. The molecule has 1 aromatic rings. The van der Waals surface area contributed by atoms with Gasteiger partial charge in [0.2, 0.25) is 0 Å². The molecule has 0 aliphatic rings. The first-order valence-electron chi connectivity index (χ1n) is 5.34. The number of aromatic nitrogens is 1. The predicted octanol–water partition coefficient (Wildman–Crippen LogP) is 3.19. The molecule has 0 fully saturated rings. The van der Waals surface area contributed by atoms with Gasteiger partial charge in [-0.3, -0.25) is 9.78 Å². The van der Waals surface area contributed by atoms with E-state index in [9.17, 15) is 4.79 Å². The Morgan fingerprint density at radius 1 is 1.40 bits per heavy atom. The summed E-state index contributed by atoms with van der Waals surface area (Å²) in [6.07, 6.45) is 2.33. The van der Waals surface area contributed by atoms with Crippen molar-refractivity contribution in [1.82, 2.24) is 4.98 Å². The van der Waals surface area contributed by atoms with Crippen molar-refractivity contribution in [3.63, 3.8) is 0 Å². The highest BCUT2D eigenvalue weighted by Crippen LogP contribution is 2.24. The zero-order valence-electron chi connectivity index (χ0n) is 9.95. The molecule has 0 saturated heterocycles. The molecule has 1 aromatic heterocycles. The molecule has 2 nitrogen and oxygen atoms in total. The molecular weight excluding hydrogens is 186 g/mol. The van der Waals surface area contributed by atoms with Crippen LogP contribution in [0.2, 0.25) is 0 Å². The van der Waals surface area contributed by atoms with Gasteiger partial charge < -0.3 is 0 Å². The molecule has 0 amide bonds. The van der Waals surface area contributed by atoms with Crippen molar-refractivity contribution in [2.75, 3.05) is 0 Å². The van der Waals surface area contributed by atoms with Gasteiger partial charge in [-0.05, 0) is 24.5 Å². The maximum absolute atomic E-state index is 11.9. The van der Waals surface area contributed by atoms with Crippen molar-refractivity contribution in [2.24, 2.45) is 5.41 Å². The van der Waals surface area contributed by atoms with Gasteiger partial charge >= 0.3 is 0 Å². The van der Waals surface area contributed by atoms with Gasteiger partial charge in [-0.1, -0.05) is 26.8 Å². The topological polar surface area (TPSA) is 30.0 Å².